The lowest BCUT2D eigenvalue weighted by molar-refractivity contribution is 0.413. The van der Waals surface area contributed by atoms with Gasteiger partial charge in [-0.3, -0.25) is 0 Å². The molecule has 0 aliphatic carbocycles. The van der Waals surface area contributed by atoms with E-state index in [0.29, 0.717) is 17.4 Å². The molecule has 0 aliphatic heterocycles. The van der Waals surface area contributed by atoms with E-state index in [9.17, 15) is 0 Å². The van der Waals surface area contributed by atoms with Crippen LogP contribution in [0.25, 0.3) is 0 Å². The lowest BCUT2D eigenvalue weighted by atomic mass is 10.2. The van der Waals surface area contributed by atoms with Crippen molar-refractivity contribution in [3.8, 4) is 5.75 Å². The second kappa shape index (κ2) is 7.64. The van der Waals surface area contributed by atoms with Gasteiger partial charge in [-0.2, -0.15) is 0 Å². The van der Waals surface area contributed by atoms with Crippen molar-refractivity contribution in [1.82, 2.24) is 14.9 Å². The molecule has 1 aromatic carbocycles. The average Bonchev–Trinajstić information content (AvgIpc) is 2.54. The number of nitrogens with zero attached hydrogens (tertiary/aromatic N) is 4. The van der Waals surface area contributed by atoms with Crippen LogP contribution in [0.5, 0.6) is 5.75 Å². The summed E-state index contributed by atoms with van der Waals surface area (Å²) in [7, 11) is 7.74. The largest absolute Gasteiger partial charge is 0.494 e. The first-order valence-electron chi connectivity index (χ1n) is 7.38. The highest BCUT2D eigenvalue weighted by molar-refractivity contribution is 5.79. The van der Waals surface area contributed by atoms with Crippen LogP contribution >= 0.6 is 0 Å². The monoisotopic (exact) mass is 316 g/mol. The van der Waals surface area contributed by atoms with E-state index >= 15 is 0 Å². The quantitative estimate of drug-likeness (QED) is 0.754. The second-order valence-electron chi connectivity index (χ2n) is 5.53. The van der Waals surface area contributed by atoms with Crippen LogP contribution in [-0.2, 0) is 0 Å². The summed E-state index contributed by atoms with van der Waals surface area (Å²) in [6, 6.07) is 5.53. The molecule has 1 aromatic heterocycles. The first-order valence-corrected chi connectivity index (χ1v) is 7.38. The Bertz CT molecular complexity index is 632. The maximum absolute atomic E-state index is 6.21. The number of ether oxygens (including phenoxy) is 1. The third kappa shape index (κ3) is 4.46. The molecular formula is C16H24N6O. The van der Waals surface area contributed by atoms with Crippen LogP contribution in [0.4, 0.5) is 23.0 Å². The Hall–Kier alpha value is -2.54. The number of nitrogens with one attached hydrogen (secondary N) is 1. The third-order valence-electron chi connectivity index (χ3n) is 3.45. The number of nitrogens with two attached hydrogens (primary N) is 1. The van der Waals surface area contributed by atoms with Crippen LogP contribution in [0.3, 0.4) is 0 Å². The van der Waals surface area contributed by atoms with Crippen LogP contribution in [0.15, 0.2) is 30.6 Å². The normalized spacial score (nSPS) is 10.7. The van der Waals surface area contributed by atoms with Gasteiger partial charge in [0.25, 0.3) is 0 Å². The summed E-state index contributed by atoms with van der Waals surface area (Å²) in [5.41, 5.74) is 8.56. The summed E-state index contributed by atoms with van der Waals surface area (Å²) in [5, 5.41) is 3.13. The first-order chi connectivity index (χ1) is 11.0. The Balaban J connectivity index is 2.24. The molecule has 2 rings (SSSR count). The Morgan fingerprint density at radius 3 is 2.43 bits per heavy atom. The average molecular weight is 316 g/mol. The van der Waals surface area contributed by atoms with Crippen molar-refractivity contribution in [2.45, 2.75) is 0 Å². The van der Waals surface area contributed by atoms with Crippen molar-refractivity contribution >= 4 is 23.0 Å². The SMILES string of the molecule is COc1cc(N(C)CCN(C)C)c(N)cc1Nc1ncccn1. The van der Waals surface area contributed by atoms with Gasteiger partial charge in [-0.1, -0.05) is 0 Å². The van der Waals surface area contributed by atoms with Crippen LogP contribution in [0.1, 0.15) is 0 Å². The standard InChI is InChI=1S/C16H24N6O/c1-21(2)8-9-22(3)14-11-15(23-4)13(10-12(14)17)20-16-18-6-5-7-19-16/h5-7,10-11H,8-9,17H2,1-4H3,(H,18,19,20). The molecule has 3 N–H and O–H groups in total. The summed E-state index contributed by atoms with van der Waals surface area (Å²) in [6.07, 6.45) is 3.35. The molecule has 0 atom stereocenters. The highest BCUT2D eigenvalue weighted by atomic mass is 16.5. The maximum Gasteiger partial charge on any atom is 0.227 e. The Morgan fingerprint density at radius 1 is 1.13 bits per heavy atom. The number of rotatable bonds is 7. The molecule has 0 saturated heterocycles. The van der Waals surface area contributed by atoms with E-state index in [0.717, 1.165) is 24.5 Å². The van der Waals surface area contributed by atoms with Gasteiger partial charge in [0.15, 0.2) is 0 Å². The van der Waals surface area contributed by atoms with Crippen LogP contribution in [0.2, 0.25) is 0 Å². The number of aromatic nitrogens is 2. The van der Waals surface area contributed by atoms with E-state index in [2.05, 4.69) is 25.1 Å². The van der Waals surface area contributed by atoms with Gasteiger partial charge in [-0.15, -0.1) is 0 Å². The zero-order valence-electron chi connectivity index (χ0n) is 14.1. The number of benzene rings is 1. The van der Waals surface area contributed by atoms with Crippen molar-refractivity contribution in [1.29, 1.82) is 0 Å². The predicted octanol–water partition coefficient (Wildman–Crippen LogP) is 1.81. The van der Waals surface area contributed by atoms with Gasteiger partial charge < -0.3 is 25.6 Å². The minimum Gasteiger partial charge on any atom is -0.494 e. The Kier molecular flexibility index (Phi) is 5.59. The van der Waals surface area contributed by atoms with E-state index < -0.39 is 0 Å². The van der Waals surface area contributed by atoms with E-state index in [1.165, 1.54) is 0 Å². The summed E-state index contributed by atoms with van der Waals surface area (Å²) in [6.45, 7) is 1.81. The van der Waals surface area contributed by atoms with Crippen LogP contribution in [-0.4, -0.2) is 56.2 Å². The Morgan fingerprint density at radius 2 is 1.83 bits per heavy atom. The zero-order chi connectivity index (χ0) is 16.8. The van der Waals surface area contributed by atoms with E-state index in [1.807, 2.05) is 33.3 Å². The molecule has 0 amide bonds. The minimum absolute atomic E-state index is 0.499. The second-order valence-corrected chi connectivity index (χ2v) is 5.53. The Labute approximate surface area is 137 Å². The van der Waals surface area contributed by atoms with Gasteiger partial charge in [0.1, 0.15) is 5.75 Å². The molecule has 0 spiro atoms. The van der Waals surface area contributed by atoms with Crippen molar-refractivity contribution in [2.75, 3.05) is 57.3 Å². The molecule has 124 valence electrons. The first kappa shape index (κ1) is 16.8. The molecule has 0 aliphatic rings. The molecule has 0 saturated carbocycles. The maximum atomic E-state index is 6.21. The predicted molar refractivity (Wildman–Crippen MR) is 94.5 cm³/mol. The molecule has 7 nitrogen and oxygen atoms in total. The number of methoxy groups -OCH3 is 1. The highest BCUT2D eigenvalue weighted by Gasteiger charge is 2.13. The number of hydrogen-bond donors (Lipinski definition) is 2. The van der Waals surface area contributed by atoms with E-state index in [4.69, 9.17) is 10.5 Å². The topological polar surface area (TPSA) is 79.5 Å². The van der Waals surface area contributed by atoms with Crippen molar-refractivity contribution in [2.24, 2.45) is 0 Å². The van der Waals surface area contributed by atoms with Gasteiger partial charge in [0.2, 0.25) is 5.95 Å². The summed E-state index contributed by atoms with van der Waals surface area (Å²) < 4.78 is 5.48. The van der Waals surface area contributed by atoms with E-state index in [-0.39, 0.29) is 0 Å². The molecule has 7 heteroatoms. The number of anilines is 4. The molecule has 1 heterocycles. The fourth-order valence-corrected chi connectivity index (χ4v) is 2.14. The van der Waals surface area contributed by atoms with Gasteiger partial charge >= 0.3 is 0 Å². The molecular weight excluding hydrogens is 292 g/mol. The molecule has 0 fully saturated rings. The van der Waals surface area contributed by atoms with Crippen LogP contribution < -0.4 is 20.7 Å². The molecule has 0 radical (unpaired) electrons. The van der Waals surface area contributed by atoms with Gasteiger partial charge in [-0.05, 0) is 26.2 Å². The van der Waals surface area contributed by atoms with Crippen LogP contribution in [0, 0.1) is 0 Å². The molecule has 0 bridgehead atoms. The number of likely N-dealkylation sites (N-methyl/N-ethyl adjacent to an activating group) is 2. The molecule has 2 aromatic rings. The highest BCUT2D eigenvalue weighted by Crippen LogP contribution is 2.35. The lowest BCUT2D eigenvalue weighted by Crippen LogP contribution is -2.29. The summed E-state index contributed by atoms with van der Waals surface area (Å²) in [5.74, 6) is 1.19. The van der Waals surface area contributed by atoms with Gasteiger partial charge in [0, 0.05) is 38.6 Å². The van der Waals surface area contributed by atoms with Crippen molar-refractivity contribution < 1.29 is 4.74 Å². The fraction of sp³-hybridized carbons (Fsp3) is 0.375. The summed E-state index contributed by atoms with van der Waals surface area (Å²) in [4.78, 5) is 12.5. The van der Waals surface area contributed by atoms with Gasteiger partial charge in [0.05, 0.1) is 24.2 Å². The lowest BCUT2D eigenvalue weighted by Gasteiger charge is -2.24. The van der Waals surface area contributed by atoms with E-state index in [1.54, 1.807) is 25.6 Å². The van der Waals surface area contributed by atoms with Gasteiger partial charge in [-0.25, -0.2) is 9.97 Å². The fourth-order valence-electron chi connectivity index (χ4n) is 2.14. The number of nitrogen functional groups attached to an aromatic ring is 1. The van der Waals surface area contributed by atoms with Crippen molar-refractivity contribution in [3.63, 3.8) is 0 Å². The zero-order valence-corrected chi connectivity index (χ0v) is 14.1. The molecule has 23 heavy (non-hydrogen) atoms. The summed E-state index contributed by atoms with van der Waals surface area (Å²) >= 11 is 0. The smallest absolute Gasteiger partial charge is 0.227 e. The number of hydrogen-bond acceptors (Lipinski definition) is 7. The molecule has 0 unspecified atom stereocenters. The van der Waals surface area contributed by atoms with Crippen molar-refractivity contribution in [3.05, 3.63) is 30.6 Å². The minimum atomic E-state index is 0.499. The third-order valence-corrected chi connectivity index (χ3v) is 3.45.